The number of carbonyl (C=O) groups is 1. The lowest BCUT2D eigenvalue weighted by Gasteiger charge is -2.33. The monoisotopic (exact) mass is 464 g/mol. The summed E-state index contributed by atoms with van der Waals surface area (Å²) in [6, 6.07) is 28.2. The van der Waals surface area contributed by atoms with Gasteiger partial charge in [-0.05, 0) is 25.6 Å². The standard InChI is InChI=1S/C30H32N4O/c1-22(23-11-5-3-6-12-23)31-30(35)28-25-15-9-10-16-27(25)32-29(24-13-7-4-8-14-24)26(28)21-34-19-17-33(2)18-20-34/h3-16,22H,17-21H2,1-2H3,(H,31,35). The Balaban J connectivity index is 1.63. The van der Waals surface area contributed by atoms with Gasteiger partial charge in [0.05, 0.1) is 22.8 Å². The molecule has 1 amide bonds. The number of piperazine rings is 1. The number of para-hydroxylation sites is 1. The fourth-order valence-corrected chi connectivity index (χ4v) is 4.82. The van der Waals surface area contributed by atoms with Crippen molar-refractivity contribution in [3.63, 3.8) is 0 Å². The van der Waals surface area contributed by atoms with Crippen LogP contribution in [0.2, 0.25) is 0 Å². The van der Waals surface area contributed by atoms with Gasteiger partial charge < -0.3 is 10.2 Å². The van der Waals surface area contributed by atoms with Gasteiger partial charge in [0.15, 0.2) is 0 Å². The van der Waals surface area contributed by atoms with E-state index in [0.29, 0.717) is 6.54 Å². The van der Waals surface area contributed by atoms with E-state index in [0.717, 1.165) is 65.0 Å². The van der Waals surface area contributed by atoms with Gasteiger partial charge in [0.25, 0.3) is 5.91 Å². The van der Waals surface area contributed by atoms with E-state index in [-0.39, 0.29) is 11.9 Å². The zero-order valence-electron chi connectivity index (χ0n) is 20.4. The third kappa shape index (κ3) is 5.11. The van der Waals surface area contributed by atoms with E-state index in [2.05, 4.69) is 46.4 Å². The first-order valence-corrected chi connectivity index (χ1v) is 12.3. The van der Waals surface area contributed by atoms with E-state index >= 15 is 0 Å². The highest BCUT2D eigenvalue weighted by Crippen LogP contribution is 2.32. The van der Waals surface area contributed by atoms with Crippen molar-refractivity contribution >= 4 is 16.8 Å². The lowest BCUT2D eigenvalue weighted by Crippen LogP contribution is -2.44. The first-order valence-electron chi connectivity index (χ1n) is 12.3. The largest absolute Gasteiger partial charge is 0.345 e. The summed E-state index contributed by atoms with van der Waals surface area (Å²) in [6.07, 6.45) is 0. The van der Waals surface area contributed by atoms with E-state index < -0.39 is 0 Å². The van der Waals surface area contributed by atoms with E-state index in [1.165, 1.54) is 0 Å². The molecule has 4 aromatic rings. The summed E-state index contributed by atoms with van der Waals surface area (Å²) >= 11 is 0. The number of rotatable bonds is 6. The quantitative estimate of drug-likeness (QED) is 0.429. The average molecular weight is 465 g/mol. The number of carbonyl (C=O) groups excluding carboxylic acids is 1. The number of likely N-dealkylation sites (N-methyl/N-ethyl adjacent to an activating group) is 1. The molecule has 1 N–H and O–H groups in total. The Morgan fingerprint density at radius 3 is 2.23 bits per heavy atom. The van der Waals surface area contributed by atoms with Crippen LogP contribution in [0.3, 0.4) is 0 Å². The van der Waals surface area contributed by atoms with Gasteiger partial charge in [-0.25, -0.2) is 4.98 Å². The highest BCUT2D eigenvalue weighted by Gasteiger charge is 2.25. The first-order chi connectivity index (χ1) is 17.1. The summed E-state index contributed by atoms with van der Waals surface area (Å²) in [7, 11) is 2.16. The van der Waals surface area contributed by atoms with E-state index in [1.54, 1.807) is 0 Å². The minimum absolute atomic E-state index is 0.0544. The van der Waals surface area contributed by atoms with Gasteiger partial charge in [-0.1, -0.05) is 78.9 Å². The minimum atomic E-state index is -0.104. The smallest absolute Gasteiger partial charge is 0.252 e. The molecule has 5 rings (SSSR count). The Kier molecular flexibility index (Phi) is 6.89. The predicted molar refractivity (Wildman–Crippen MR) is 142 cm³/mol. The van der Waals surface area contributed by atoms with Crippen molar-refractivity contribution in [2.24, 2.45) is 0 Å². The Hall–Kier alpha value is -3.54. The molecule has 1 aromatic heterocycles. The highest BCUT2D eigenvalue weighted by molar-refractivity contribution is 6.09. The molecular formula is C30H32N4O. The maximum atomic E-state index is 14.0. The van der Waals surface area contributed by atoms with Crippen LogP contribution in [0.15, 0.2) is 84.9 Å². The van der Waals surface area contributed by atoms with Gasteiger partial charge in [-0.2, -0.15) is 0 Å². The fraction of sp³-hybridized carbons (Fsp3) is 0.267. The topological polar surface area (TPSA) is 48.5 Å². The molecule has 0 radical (unpaired) electrons. The number of pyridine rings is 1. The Bertz CT molecular complexity index is 1300. The molecule has 1 saturated heterocycles. The van der Waals surface area contributed by atoms with Gasteiger partial charge in [-0.15, -0.1) is 0 Å². The molecular weight excluding hydrogens is 432 g/mol. The molecule has 1 aliphatic heterocycles. The zero-order valence-corrected chi connectivity index (χ0v) is 20.4. The molecule has 1 unspecified atom stereocenters. The number of hydrogen-bond acceptors (Lipinski definition) is 4. The van der Waals surface area contributed by atoms with Crippen LogP contribution < -0.4 is 5.32 Å². The molecule has 1 atom stereocenters. The van der Waals surface area contributed by atoms with Crippen LogP contribution in [0.25, 0.3) is 22.2 Å². The van der Waals surface area contributed by atoms with E-state index in [4.69, 9.17) is 4.98 Å². The van der Waals surface area contributed by atoms with Crippen LogP contribution in [0.5, 0.6) is 0 Å². The van der Waals surface area contributed by atoms with Crippen LogP contribution in [0.4, 0.5) is 0 Å². The van der Waals surface area contributed by atoms with Crippen molar-refractivity contribution in [2.75, 3.05) is 33.2 Å². The van der Waals surface area contributed by atoms with E-state index in [1.807, 2.05) is 67.6 Å². The molecule has 1 fully saturated rings. The predicted octanol–water partition coefficient (Wildman–Crippen LogP) is 5.14. The van der Waals surface area contributed by atoms with Crippen molar-refractivity contribution < 1.29 is 4.79 Å². The third-order valence-electron chi connectivity index (χ3n) is 6.89. The fourth-order valence-electron chi connectivity index (χ4n) is 4.82. The first kappa shape index (κ1) is 23.2. The molecule has 5 heteroatoms. The second-order valence-corrected chi connectivity index (χ2v) is 9.38. The van der Waals surface area contributed by atoms with Gasteiger partial charge >= 0.3 is 0 Å². The Morgan fingerprint density at radius 2 is 1.51 bits per heavy atom. The highest BCUT2D eigenvalue weighted by atomic mass is 16.1. The number of fused-ring (bicyclic) bond motifs is 1. The number of amides is 1. The van der Waals surface area contributed by atoms with Crippen LogP contribution in [-0.4, -0.2) is 53.9 Å². The second-order valence-electron chi connectivity index (χ2n) is 9.38. The Morgan fingerprint density at radius 1 is 0.886 bits per heavy atom. The van der Waals surface area contributed by atoms with Crippen molar-refractivity contribution in [2.45, 2.75) is 19.5 Å². The lowest BCUT2D eigenvalue weighted by atomic mass is 9.95. The molecule has 3 aromatic carbocycles. The number of benzene rings is 3. The van der Waals surface area contributed by atoms with Gasteiger partial charge in [0.2, 0.25) is 0 Å². The van der Waals surface area contributed by atoms with E-state index in [9.17, 15) is 4.79 Å². The molecule has 1 aliphatic rings. The van der Waals surface area contributed by atoms with Crippen LogP contribution in [0, 0.1) is 0 Å². The van der Waals surface area contributed by atoms with Crippen molar-refractivity contribution in [3.8, 4) is 11.3 Å². The minimum Gasteiger partial charge on any atom is -0.345 e. The molecule has 5 nitrogen and oxygen atoms in total. The average Bonchev–Trinajstić information content (AvgIpc) is 2.90. The number of nitrogens with one attached hydrogen (secondary N) is 1. The molecule has 35 heavy (non-hydrogen) atoms. The number of aromatic nitrogens is 1. The van der Waals surface area contributed by atoms with Gasteiger partial charge in [-0.3, -0.25) is 9.69 Å². The third-order valence-corrected chi connectivity index (χ3v) is 6.89. The molecule has 0 aliphatic carbocycles. The summed E-state index contributed by atoms with van der Waals surface area (Å²) in [4.78, 5) is 23.9. The zero-order chi connectivity index (χ0) is 24.2. The molecule has 0 spiro atoms. The molecule has 0 bridgehead atoms. The number of nitrogens with zero attached hydrogens (tertiary/aromatic N) is 3. The van der Waals surface area contributed by atoms with Gasteiger partial charge in [0, 0.05) is 49.2 Å². The summed E-state index contributed by atoms with van der Waals surface area (Å²) in [5.41, 5.74) is 5.58. The van der Waals surface area contributed by atoms with Crippen LogP contribution >= 0.6 is 0 Å². The van der Waals surface area contributed by atoms with Gasteiger partial charge in [0.1, 0.15) is 0 Å². The van der Waals surface area contributed by atoms with Crippen molar-refractivity contribution in [1.29, 1.82) is 0 Å². The molecule has 0 saturated carbocycles. The molecule has 178 valence electrons. The number of hydrogen-bond donors (Lipinski definition) is 1. The second kappa shape index (κ2) is 10.4. The maximum absolute atomic E-state index is 14.0. The summed E-state index contributed by atoms with van der Waals surface area (Å²) < 4.78 is 0. The summed E-state index contributed by atoms with van der Waals surface area (Å²) in [5.74, 6) is -0.0544. The summed E-state index contributed by atoms with van der Waals surface area (Å²) in [5, 5.41) is 4.17. The molecule has 2 heterocycles. The van der Waals surface area contributed by atoms with Crippen molar-refractivity contribution in [1.82, 2.24) is 20.1 Å². The SMILES string of the molecule is CC(NC(=O)c1c(CN2CCN(C)CC2)c(-c2ccccc2)nc2ccccc12)c1ccccc1. The summed E-state index contributed by atoms with van der Waals surface area (Å²) in [6.45, 7) is 6.72. The normalized spacial score (nSPS) is 15.7. The van der Waals surface area contributed by atoms with Crippen molar-refractivity contribution in [3.05, 3.63) is 102 Å². The Labute approximate surface area is 207 Å². The lowest BCUT2D eigenvalue weighted by molar-refractivity contribution is 0.0938. The van der Waals surface area contributed by atoms with Crippen LogP contribution in [0.1, 0.15) is 34.5 Å². The van der Waals surface area contributed by atoms with Crippen LogP contribution in [-0.2, 0) is 6.54 Å². The maximum Gasteiger partial charge on any atom is 0.252 e.